The number of nitrogens with one attached hydrogen (secondary N) is 1. The van der Waals surface area contributed by atoms with E-state index in [1.54, 1.807) is 34.9 Å². The van der Waals surface area contributed by atoms with Gasteiger partial charge >= 0.3 is 0 Å². The number of carbonyl (C=O) groups excluding carboxylic acids is 2. The topological polar surface area (TPSA) is 62.3 Å². The second-order valence-corrected chi connectivity index (χ2v) is 6.88. The largest absolute Gasteiger partial charge is 0.353 e. The summed E-state index contributed by atoms with van der Waals surface area (Å²) in [5.41, 5.74) is 1.08. The third-order valence-corrected chi connectivity index (χ3v) is 5.01. The Kier molecular flexibility index (Phi) is 5.42. The predicted octanol–water partition coefficient (Wildman–Crippen LogP) is 1.42. The maximum absolute atomic E-state index is 12.1. The molecule has 2 heterocycles. The van der Waals surface area contributed by atoms with Crippen molar-refractivity contribution in [1.29, 1.82) is 0 Å². The number of hydrogen-bond donors (Lipinski definition) is 1. The van der Waals surface area contributed by atoms with Crippen LogP contribution in [0.1, 0.15) is 24.0 Å². The fraction of sp³-hybridized carbons (Fsp3) is 0.615. The Bertz CT molecular complexity index is 490. The fourth-order valence-corrected chi connectivity index (χ4v) is 3.62. The van der Waals surface area contributed by atoms with Gasteiger partial charge in [0, 0.05) is 36.4 Å². The van der Waals surface area contributed by atoms with E-state index in [0.717, 1.165) is 22.2 Å². The molecule has 0 saturated carbocycles. The van der Waals surface area contributed by atoms with E-state index < -0.39 is 0 Å². The monoisotopic (exact) mass is 313 g/mol. The highest BCUT2D eigenvalue weighted by molar-refractivity contribution is 7.98. The molecule has 20 heavy (non-hydrogen) atoms. The molecular formula is C13H19N3O2S2. The summed E-state index contributed by atoms with van der Waals surface area (Å²) in [6.45, 7) is 4.94. The molecule has 1 aromatic heterocycles. The first-order valence-corrected chi connectivity index (χ1v) is 8.67. The Balaban J connectivity index is 1.71. The van der Waals surface area contributed by atoms with E-state index in [1.165, 1.54) is 0 Å². The van der Waals surface area contributed by atoms with Crippen molar-refractivity contribution in [3.05, 3.63) is 16.1 Å². The van der Waals surface area contributed by atoms with Gasteiger partial charge in [0.05, 0.1) is 10.7 Å². The van der Waals surface area contributed by atoms with Gasteiger partial charge < -0.3 is 10.2 Å². The number of carbonyl (C=O) groups is 2. The molecule has 0 spiro atoms. The molecule has 7 heteroatoms. The first-order chi connectivity index (χ1) is 9.58. The number of hydrogen-bond acceptors (Lipinski definition) is 5. The number of aryl methyl sites for hydroxylation is 1. The second kappa shape index (κ2) is 7.08. The summed E-state index contributed by atoms with van der Waals surface area (Å²) in [7, 11) is 0. The maximum atomic E-state index is 12.1. The zero-order valence-electron chi connectivity index (χ0n) is 11.7. The third-order valence-electron chi connectivity index (χ3n) is 3.20. The predicted molar refractivity (Wildman–Crippen MR) is 81.8 cm³/mol. The molecule has 1 aliphatic heterocycles. The van der Waals surface area contributed by atoms with Crippen LogP contribution >= 0.6 is 23.1 Å². The van der Waals surface area contributed by atoms with Gasteiger partial charge in [0.1, 0.15) is 6.04 Å². The number of thiazole rings is 1. The summed E-state index contributed by atoms with van der Waals surface area (Å²) in [5, 5.41) is 5.89. The molecule has 1 fully saturated rings. The molecule has 1 atom stereocenters. The molecule has 1 aliphatic rings. The Morgan fingerprint density at radius 2 is 2.45 bits per heavy atom. The van der Waals surface area contributed by atoms with Crippen LogP contribution in [0, 0.1) is 6.92 Å². The molecular weight excluding hydrogens is 294 g/mol. The minimum Gasteiger partial charge on any atom is -0.353 e. The van der Waals surface area contributed by atoms with Crippen molar-refractivity contribution in [1.82, 2.24) is 15.2 Å². The average Bonchev–Trinajstić information content (AvgIpc) is 2.83. The number of amides is 2. The van der Waals surface area contributed by atoms with Crippen LogP contribution in [0.3, 0.4) is 0 Å². The molecule has 0 aliphatic carbocycles. The van der Waals surface area contributed by atoms with Crippen LogP contribution < -0.4 is 5.32 Å². The summed E-state index contributed by atoms with van der Waals surface area (Å²) in [5.74, 6) is 1.61. The Morgan fingerprint density at radius 1 is 1.65 bits per heavy atom. The molecule has 5 nitrogen and oxygen atoms in total. The van der Waals surface area contributed by atoms with Gasteiger partial charge in [-0.2, -0.15) is 11.8 Å². The van der Waals surface area contributed by atoms with E-state index in [1.807, 2.05) is 6.92 Å². The highest BCUT2D eigenvalue weighted by Gasteiger charge is 2.28. The van der Waals surface area contributed by atoms with E-state index in [-0.39, 0.29) is 17.9 Å². The lowest BCUT2D eigenvalue weighted by Crippen LogP contribution is -2.55. The first-order valence-electron chi connectivity index (χ1n) is 6.64. The minimum atomic E-state index is -0.345. The van der Waals surface area contributed by atoms with E-state index in [0.29, 0.717) is 19.5 Å². The molecule has 110 valence electrons. The van der Waals surface area contributed by atoms with Crippen molar-refractivity contribution >= 4 is 34.9 Å². The van der Waals surface area contributed by atoms with Gasteiger partial charge in [-0.1, -0.05) is 0 Å². The van der Waals surface area contributed by atoms with Crippen LogP contribution in [-0.2, 0) is 15.3 Å². The number of thioether (sulfide) groups is 1. The number of nitrogens with zero attached hydrogens (tertiary/aromatic N) is 2. The molecule has 0 bridgehead atoms. The van der Waals surface area contributed by atoms with Crippen LogP contribution in [-0.4, -0.2) is 46.6 Å². The minimum absolute atomic E-state index is 0.0600. The maximum Gasteiger partial charge on any atom is 0.242 e. The van der Waals surface area contributed by atoms with Crippen LogP contribution in [0.25, 0.3) is 0 Å². The Hall–Kier alpha value is -1.08. The molecule has 1 saturated heterocycles. The summed E-state index contributed by atoms with van der Waals surface area (Å²) < 4.78 is 0. The smallest absolute Gasteiger partial charge is 0.242 e. The van der Waals surface area contributed by atoms with Gasteiger partial charge in [0.15, 0.2) is 0 Å². The van der Waals surface area contributed by atoms with Crippen molar-refractivity contribution in [3.8, 4) is 0 Å². The zero-order chi connectivity index (χ0) is 14.5. The van der Waals surface area contributed by atoms with Crippen molar-refractivity contribution in [3.63, 3.8) is 0 Å². The van der Waals surface area contributed by atoms with E-state index in [9.17, 15) is 9.59 Å². The average molecular weight is 313 g/mol. The molecule has 2 amide bonds. The normalized spacial score (nSPS) is 19.0. The second-order valence-electron chi connectivity index (χ2n) is 4.71. The van der Waals surface area contributed by atoms with E-state index in [2.05, 4.69) is 15.7 Å². The van der Waals surface area contributed by atoms with Crippen LogP contribution in [0.2, 0.25) is 0 Å². The lowest BCUT2D eigenvalue weighted by Gasteiger charge is -2.32. The van der Waals surface area contributed by atoms with Crippen molar-refractivity contribution in [2.75, 3.05) is 18.8 Å². The van der Waals surface area contributed by atoms with Crippen molar-refractivity contribution < 1.29 is 9.59 Å². The molecule has 1 unspecified atom stereocenters. The van der Waals surface area contributed by atoms with Gasteiger partial charge in [-0.15, -0.1) is 11.3 Å². The van der Waals surface area contributed by atoms with E-state index in [4.69, 9.17) is 0 Å². The fourth-order valence-electron chi connectivity index (χ4n) is 2.08. The van der Waals surface area contributed by atoms with Crippen LogP contribution in [0.15, 0.2) is 5.38 Å². The molecule has 0 aromatic carbocycles. The van der Waals surface area contributed by atoms with Gasteiger partial charge in [-0.3, -0.25) is 9.59 Å². The SMILES string of the molecule is Cc1nc(CSCCC(=O)N2CCNC(=O)C2C)cs1. The summed E-state index contributed by atoms with van der Waals surface area (Å²) in [6.07, 6.45) is 0.478. The van der Waals surface area contributed by atoms with Gasteiger partial charge in [0.2, 0.25) is 11.8 Å². The number of rotatable bonds is 5. The highest BCUT2D eigenvalue weighted by atomic mass is 32.2. The molecule has 1 N–H and O–H groups in total. The van der Waals surface area contributed by atoms with Gasteiger partial charge in [-0.25, -0.2) is 4.98 Å². The zero-order valence-corrected chi connectivity index (χ0v) is 13.4. The van der Waals surface area contributed by atoms with Crippen LogP contribution in [0.4, 0.5) is 0 Å². The van der Waals surface area contributed by atoms with Crippen molar-refractivity contribution in [2.24, 2.45) is 0 Å². The summed E-state index contributed by atoms with van der Waals surface area (Å²) >= 11 is 3.36. The quantitative estimate of drug-likeness (QED) is 0.835. The summed E-state index contributed by atoms with van der Waals surface area (Å²) in [4.78, 5) is 29.7. The van der Waals surface area contributed by atoms with Crippen molar-refractivity contribution in [2.45, 2.75) is 32.1 Å². The van der Waals surface area contributed by atoms with Gasteiger partial charge in [0.25, 0.3) is 0 Å². The molecule has 0 radical (unpaired) electrons. The lowest BCUT2D eigenvalue weighted by atomic mass is 10.2. The summed E-state index contributed by atoms with van der Waals surface area (Å²) in [6, 6.07) is -0.345. The van der Waals surface area contributed by atoms with Gasteiger partial charge in [-0.05, 0) is 13.8 Å². The number of piperazine rings is 1. The standard InChI is InChI=1S/C13H19N3O2S2/c1-9-13(18)14-4-5-16(9)12(17)3-6-19-7-11-8-20-10(2)15-11/h8-9H,3-7H2,1-2H3,(H,14,18). The Morgan fingerprint density at radius 3 is 3.15 bits per heavy atom. The van der Waals surface area contributed by atoms with E-state index >= 15 is 0 Å². The third kappa shape index (κ3) is 3.96. The first kappa shape index (κ1) is 15.3. The Labute approximate surface area is 127 Å². The highest BCUT2D eigenvalue weighted by Crippen LogP contribution is 2.16. The lowest BCUT2D eigenvalue weighted by molar-refractivity contribution is -0.142. The number of aromatic nitrogens is 1. The van der Waals surface area contributed by atoms with Crippen LogP contribution in [0.5, 0.6) is 0 Å². The molecule has 2 rings (SSSR count). The molecule has 1 aromatic rings.